The molecule has 0 saturated heterocycles. The second kappa shape index (κ2) is 10.2. The van der Waals surface area contributed by atoms with Crippen LogP contribution in [0.15, 0.2) is 91.0 Å². The van der Waals surface area contributed by atoms with Crippen molar-refractivity contribution < 1.29 is 0 Å². The number of hydrogen-bond donors (Lipinski definition) is 1. The molecular weight excluding hydrogens is 345 g/mol. The second-order valence-corrected chi connectivity index (χ2v) is 11.2. The molecule has 0 aromatic heterocycles. The number of benzene rings is 3. The summed E-state index contributed by atoms with van der Waals surface area (Å²) in [5.41, 5.74) is 0. The fraction of sp³-hybridized carbons (Fsp3) is 0.240. The number of hydrogen-bond acceptors (Lipinski definition) is 1. The zero-order chi connectivity index (χ0) is 18.8. The average molecular weight is 375 g/mol. The summed E-state index contributed by atoms with van der Waals surface area (Å²) in [7, 11) is -2.04. The Labute approximate surface area is 164 Å². The van der Waals surface area contributed by atoms with E-state index in [9.17, 15) is 0 Å². The Morgan fingerprint density at radius 2 is 0.963 bits per heavy atom. The molecule has 0 aliphatic carbocycles. The Balaban J connectivity index is 1.99. The van der Waals surface area contributed by atoms with Gasteiger partial charge in [0, 0.05) is 0 Å². The van der Waals surface area contributed by atoms with E-state index in [-0.39, 0.29) is 0 Å². The Kier molecular flexibility index (Phi) is 7.36. The average Bonchev–Trinajstić information content (AvgIpc) is 2.75. The van der Waals surface area contributed by atoms with Gasteiger partial charge in [-0.2, -0.15) is 0 Å². The third-order valence-corrected chi connectivity index (χ3v) is 10.5. The van der Waals surface area contributed by atoms with E-state index in [1.165, 1.54) is 47.6 Å². The summed E-state index contributed by atoms with van der Waals surface area (Å²) in [4.78, 5) is 0. The monoisotopic (exact) mass is 375 g/mol. The zero-order valence-electron chi connectivity index (χ0n) is 16.0. The van der Waals surface area contributed by atoms with Gasteiger partial charge in [0.25, 0.3) is 0 Å². The summed E-state index contributed by atoms with van der Waals surface area (Å²) < 4.78 is 0. The normalized spacial score (nSPS) is 11.9. The first-order chi connectivity index (χ1) is 13.4. The van der Waals surface area contributed by atoms with Crippen LogP contribution in [0.1, 0.15) is 32.1 Å². The van der Waals surface area contributed by atoms with E-state index in [1.807, 2.05) is 0 Å². The molecule has 0 aliphatic heterocycles. The SMILES string of the molecule is N=CCCCCCC[PH](c1ccccc1)(c1ccccc1)c1ccccc1. The molecular formula is C25H30NP. The van der Waals surface area contributed by atoms with Crippen LogP contribution in [-0.4, -0.2) is 12.4 Å². The molecule has 0 spiro atoms. The van der Waals surface area contributed by atoms with Gasteiger partial charge in [-0.3, -0.25) is 0 Å². The second-order valence-electron chi connectivity index (χ2n) is 7.16. The molecule has 0 unspecified atom stereocenters. The summed E-state index contributed by atoms with van der Waals surface area (Å²) in [5.74, 6) is 0. The molecule has 27 heavy (non-hydrogen) atoms. The molecule has 3 aromatic rings. The summed E-state index contributed by atoms with van der Waals surface area (Å²) in [6.07, 6.45) is 8.53. The van der Waals surface area contributed by atoms with Crippen LogP contribution in [0.25, 0.3) is 0 Å². The van der Waals surface area contributed by atoms with Crippen LogP contribution < -0.4 is 15.9 Å². The van der Waals surface area contributed by atoms with E-state index in [0.29, 0.717) is 0 Å². The quantitative estimate of drug-likeness (QED) is 0.282. The van der Waals surface area contributed by atoms with Crippen LogP contribution in [0.5, 0.6) is 0 Å². The van der Waals surface area contributed by atoms with Gasteiger partial charge in [0.05, 0.1) is 0 Å². The molecule has 1 nitrogen and oxygen atoms in total. The summed E-state index contributed by atoms with van der Waals surface area (Å²) in [5, 5.41) is 11.7. The van der Waals surface area contributed by atoms with Gasteiger partial charge in [0.15, 0.2) is 0 Å². The van der Waals surface area contributed by atoms with E-state index in [4.69, 9.17) is 5.41 Å². The van der Waals surface area contributed by atoms with Gasteiger partial charge in [-0.05, 0) is 0 Å². The van der Waals surface area contributed by atoms with E-state index < -0.39 is 7.26 Å². The van der Waals surface area contributed by atoms with Crippen LogP contribution in [0.4, 0.5) is 0 Å². The van der Waals surface area contributed by atoms with Crippen molar-refractivity contribution in [3.05, 3.63) is 91.0 Å². The number of nitrogens with one attached hydrogen (secondary N) is 1. The van der Waals surface area contributed by atoms with Crippen LogP contribution >= 0.6 is 7.26 Å². The topological polar surface area (TPSA) is 23.9 Å². The van der Waals surface area contributed by atoms with E-state index in [1.54, 1.807) is 0 Å². The van der Waals surface area contributed by atoms with Gasteiger partial charge in [-0.1, -0.05) is 0 Å². The van der Waals surface area contributed by atoms with Crippen molar-refractivity contribution >= 4 is 29.4 Å². The maximum absolute atomic E-state index is 7.20. The van der Waals surface area contributed by atoms with Crippen molar-refractivity contribution in [3.63, 3.8) is 0 Å². The molecule has 3 rings (SSSR count). The van der Waals surface area contributed by atoms with Gasteiger partial charge in [-0.15, -0.1) is 0 Å². The third kappa shape index (κ3) is 4.73. The van der Waals surface area contributed by atoms with E-state index in [2.05, 4.69) is 91.0 Å². The van der Waals surface area contributed by atoms with E-state index in [0.717, 1.165) is 12.8 Å². The molecule has 0 atom stereocenters. The summed E-state index contributed by atoms with van der Waals surface area (Å²) in [6, 6.07) is 33.5. The van der Waals surface area contributed by atoms with Crippen LogP contribution in [0, 0.1) is 5.41 Å². The Hall–Kier alpha value is -2.24. The fourth-order valence-electron chi connectivity index (χ4n) is 4.09. The van der Waals surface area contributed by atoms with Crippen molar-refractivity contribution in [1.29, 1.82) is 5.41 Å². The molecule has 0 bridgehead atoms. The molecule has 2 heteroatoms. The third-order valence-electron chi connectivity index (χ3n) is 5.45. The molecule has 0 aliphatic rings. The van der Waals surface area contributed by atoms with Gasteiger partial charge >= 0.3 is 164 Å². The molecule has 0 amide bonds. The van der Waals surface area contributed by atoms with Crippen molar-refractivity contribution in [3.8, 4) is 0 Å². The summed E-state index contributed by atoms with van der Waals surface area (Å²) in [6.45, 7) is 0. The maximum atomic E-state index is 7.20. The first kappa shape index (κ1) is 19.5. The molecule has 3 aromatic carbocycles. The van der Waals surface area contributed by atoms with Gasteiger partial charge in [0.2, 0.25) is 0 Å². The molecule has 0 heterocycles. The van der Waals surface area contributed by atoms with Crippen molar-refractivity contribution in [2.45, 2.75) is 32.1 Å². The molecule has 0 saturated carbocycles. The predicted molar refractivity (Wildman–Crippen MR) is 123 cm³/mol. The van der Waals surface area contributed by atoms with Crippen molar-refractivity contribution in [2.24, 2.45) is 0 Å². The minimum absolute atomic E-state index is 0.915. The number of unbranched alkanes of at least 4 members (excludes halogenated alkanes) is 4. The Morgan fingerprint density at radius 3 is 1.37 bits per heavy atom. The molecule has 0 radical (unpaired) electrons. The molecule has 1 N–H and O–H groups in total. The van der Waals surface area contributed by atoms with Crippen LogP contribution in [0.3, 0.4) is 0 Å². The molecule has 0 fully saturated rings. The Bertz CT molecular complexity index is 703. The van der Waals surface area contributed by atoms with Crippen LogP contribution in [-0.2, 0) is 0 Å². The standard InChI is InChI=1S/C25H30NP/c26-21-13-2-1-3-14-22-27(23-15-7-4-8-16-23,24-17-9-5-10-18-24)25-19-11-6-12-20-25/h4-12,15-21,26-27H,1-3,13-14,22H2. The number of rotatable bonds is 10. The first-order valence-corrected chi connectivity index (χ1v) is 12.2. The van der Waals surface area contributed by atoms with Crippen molar-refractivity contribution in [2.75, 3.05) is 6.16 Å². The summed E-state index contributed by atoms with van der Waals surface area (Å²) >= 11 is 0. The van der Waals surface area contributed by atoms with Crippen molar-refractivity contribution in [1.82, 2.24) is 0 Å². The predicted octanol–water partition coefficient (Wildman–Crippen LogP) is 5.31. The van der Waals surface area contributed by atoms with Gasteiger partial charge in [0.1, 0.15) is 0 Å². The Morgan fingerprint density at radius 1 is 0.556 bits per heavy atom. The van der Waals surface area contributed by atoms with Gasteiger partial charge < -0.3 is 0 Å². The minimum atomic E-state index is -2.04. The van der Waals surface area contributed by atoms with Gasteiger partial charge in [-0.25, -0.2) is 0 Å². The van der Waals surface area contributed by atoms with Crippen LogP contribution in [0.2, 0.25) is 0 Å². The molecule has 140 valence electrons. The first-order valence-electron chi connectivity index (χ1n) is 10.0. The van der Waals surface area contributed by atoms with E-state index >= 15 is 0 Å². The zero-order valence-corrected chi connectivity index (χ0v) is 17.0. The fourth-order valence-corrected chi connectivity index (χ4v) is 9.02.